The van der Waals surface area contributed by atoms with Crippen LogP contribution in [0.2, 0.25) is 0 Å². The van der Waals surface area contributed by atoms with Gasteiger partial charge >= 0.3 is 5.97 Å². The van der Waals surface area contributed by atoms with Crippen molar-refractivity contribution in [3.8, 4) is 11.5 Å². The number of fused-ring (bicyclic) bond motifs is 2. The zero-order chi connectivity index (χ0) is 65.0. The van der Waals surface area contributed by atoms with Gasteiger partial charge in [0.05, 0.1) is 31.7 Å². The van der Waals surface area contributed by atoms with Crippen LogP contribution < -0.4 is 48.7 Å². The second-order valence-corrected chi connectivity index (χ2v) is 22.8. The van der Waals surface area contributed by atoms with E-state index in [1.54, 1.807) is 54.6 Å². The highest BCUT2D eigenvalue weighted by atomic mass is 16.4. The number of unbranched alkanes of at least 4 members (excludes halogenated alkanes) is 1. The molecular weight excluding hydrogens is 1170 g/mol. The van der Waals surface area contributed by atoms with E-state index in [0.717, 1.165) is 27.5 Å². The summed E-state index contributed by atoms with van der Waals surface area (Å²) < 4.78 is 0. The van der Waals surface area contributed by atoms with E-state index in [4.69, 9.17) is 11.5 Å². The predicted molar refractivity (Wildman–Crippen MR) is 336 cm³/mol. The van der Waals surface area contributed by atoms with Crippen LogP contribution in [0.3, 0.4) is 0 Å². The van der Waals surface area contributed by atoms with Gasteiger partial charge in [-0.25, -0.2) is 4.79 Å². The molecule has 7 atom stereocenters. The minimum atomic E-state index is -1.36. The van der Waals surface area contributed by atoms with Gasteiger partial charge in [-0.1, -0.05) is 121 Å². The SMILES string of the molecule is N[C@@H](Cc1ccc(O)cc1)C(=O)N1Cc2ccccc2C[C@@H]1C(=O)NCC(=O)NCC(=O)N[C@H](CCCCNC(=O)CNC(=O)[C@@H](Cc1cccc2ccccc12)NC(=O)[C@H](Cc1ccccc1)NC(=O)[C@@H]1CCCN1C(=O)[C@@H](N)Cc1ccc(O)cc1)C(=O)O. The molecule has 9 amide bonds. The maximum Gasteiger partial charge on any atom is 0.326 e. The molecule has 14 N–H and O–H groups in total. The van der Waals surface area contributed by atoms with E-state index in [0.29, 0.717) is 29.5 Å². The Balaban J connectivity index is 0.802. The molecule has 0 bridgehead atoms. The van der Waals surface area contributed by atoms with Crippen LogP contribution in [-0.2, 0) is 86.6 Å². The molecule has 478 valence electrons. The Labute approximate surface area is 525 Å². The third-order valence-electron chi connectivity index (χ3n) is 16.1. The monoisotopic (exact) mass is 1240 g/mol. The number of carboxylic acid groups (broad SMARTS) is 1. The summed E-state index contributed by atoms with van der Waals surface area (Å²) in [5.74, 6) is -6.91. The number of nitrogens with two attached hydrogens (primary N) is 2. The summed E-state index contributed by atoms with van der Waals surface area (Å²) in [4.78, 5) is 138. The first-order valence-corrected chi connectivity index (χ1v) is 30.3. The Bertz CT molecular complexity index is 3570. The number of aromatic hydroxyl groups is 2. The molecule has 8 rings (SSSR count). The number of benzene rings is 6. The van der Waals surface area contributed by atoms with Crippen molar-refractivity contribution in [2.75, 3.05) is 32.7 Å². The van der Waals surface area contributed by atoms with E-state index in [1.165, 1.54) is 34.1 Å². The summed E-state index contributed by atoms with van der Waals surface area (Å²) >= 11 is 0. The molecule has 2 aliphatic heterocycles. The van der Waals surface area contributed by atoms with E-state index in [2.05, 4.69) is 37.2 Å². The van der Waals surface area contributed by atoms with Crippen LogP contribution in [0.5, 0.6) is 11.5 Å². The van der Waals surface area contributed by atoms with Crippen molar-refractivity contribution in [3.63, 3.8) is 0 Å². The summed E-state index contributed by atoms with van der Waals surface area (Å²) in [7, 11) is 0. The first-order valence-electron chi connectivity index (χ1n) is 30.3. The number of rotatable bonds is 29. The molecule has 1 fully saturated rings. The summed E-state index contributed by atoms with van der Waals surface area (Å²) in [5, 5.41) is 49.3. The normalized spacial score (nSPS) is 15.9. The number of phenolic OH excluding ortho intramolecular Hbond substituents is 2. The summed E-state index contributed by atoms with van der Waals surface area (Å²) in [6.07, 6.45) is 1.75. The highest BCUT2D eigenvalue weighted by Crippen LogP contribution is 2.26. The number of carbonyl (C=O) groups excluding carboxylic acids is 9. The van der Waals surface area contributed by atoms with Gasteiger partial charge in [0.2, 0.25) is 53.2 Å². The molecule has 1 saturated heterocycles. The Morgan fingerprint density at radius 1 is 0.495 bits per heavy atom. The summed E-state index contributed by atoms with van der Waals surface area (Å²) in [6.45, 7) is -1.24. The van der Waals surface area contributed by atoms with E-state index in [1.807, 2.05) is 66.7 Å². The maximum atomic E-state index is 14.6. The van der Waals surface area contributed by atoms with Gasteiger partial charge in [0.1, 0.15) is 41.7 Å². The quantitative estimate of drug-likeness (QED) is 0.0295. The lowest BCUT2D eigenvalue weighted by Gasteiger charge is -2.37. The van der Waals surface area contributed by atoms with Crippen LogP contribution >= 0.6 is 0 Å². The van der Waals surface area contributed by atoms with Gasteiger partial charge in [0, 0.05) is 38.9 Å². The van der Waals surface area contributed by atoms with Gasteiger partial charge in [-0.3, -0.25) is 43.2 Å². The van der Waals surface area contributed by atoms with E-state index >= 15 is 0 Å². The molecule has 0 spiro atoms. The Hall–Kier alpha value is -10.2. The number of phenols is 2. The molecule has 0 aliphatic carbocycles. The molecule has 24 nitrogen and oxygen atoms in total. The lowest BCUT2D eigenvalue weighted by atomic mass is 9.92. The maximum absolute atomic E-state index is 14.6. The molecule has 0 radical (unpaired) electrons. The van der Waals surface area contributed by atoms with Crippen molar-refractivity contribution >= 4 is 69.9 Å². The smallest absolute Gasteiger partial charge is 0.326 e. The van der Waals surface area contributed by atoms with E-state index < -0.39 is 121 Å². The van der Waals surface area contributed by atoms with Crippen molar-refractivity contribution in [3.05, 3.63) is 179 Å². The van der Waals surface area contributed by atoms with Crippen molar-refractivity contribution in [2.24, 2.45) is 11.5 Å². The molecule has 2 aliphatic rings. The van der Waals surface area contributed by atoms with Gasteiger partial charge in [0.15, 0.2) is 0 Å². The van der Waals surface area contributed by atoms with Gasteiger partial charge in [-0.15, -0.1) is 0 Å². The number of aliphatic carboxylic acids is 1. The minimum Gasteiger partial charge on any atom is -0.508 e. The Morgan fingerprint density at radius 2 is 1.07 bits per heavy atom. The fraction of sp³-hybridized carbons (Fsp3) is 0.343. The number of carbonyl (C=O) groups is 10. The molecule has 0 aromatic heterocycles. The number of nitrogens with one attached hydrogen (secondary N) is 7. The molecule has 91 heavy (non-hydrogen) atoms. The van der Waals surface area contributed by atoms with Crippen molar-refractivity contribution < 1.29 is 63.3 Å². The van der Waals surface area contributed by atoms with Gasteiger partial charge < -0.3 is 73.8 Å². The highest BCUT2D eigenvalue weighted by molar-refractivity contribution is 5.97. The standard InChI is InChI=1S/C67H77N11O13/c68-51(32-42-22-26-48(79)27-23-42)65(88)77-31-11-21-56(77)64(87)76-54(34-41-12-2-1-3-13-41)62(85)75-55(35-46-18-10-17-44-14-6-7-19-50(44)46)61(84)72-37-58(81)70-30-9-8-20-53(67(90)91)74-60(83)39-71-59(82)38-73-63(86)57-36-45-15-4-5-16-47(45)40-78(57)66(89)52(69)33-43-24-28-49(80)29-25-43/h1-7,10,12-19,22-29,51-57,79-80H,8-9,11,20-21,30-40,68-69H2,(H,70,81)(H,71,82)(H,72,84)(H,73,86)(H,74,83)(H,75,85)(H,76,87)(H,90,91)/t51-,52-,53+,54-,55+,56-,57+/m0/s1. The van der Waals surface area contributed by atoms with Crippen molar-refractivity contribution in [2.45, 2.75) is 113 Å². The number of hydrogen-bond acceptors (Lipinski definition) is 14. The topological polar surface area (TPSA) is 374 Å². The first kappa shape index (κ1) is 66.7. The zero-order valence-corrected chi connectivity index (χ0v) is 50.2. The van der Waals surface area contributed by atoms with Gasteiger partial charge in [0.25, 0.3) is 0 Å². The van der Waals surface area contributed by atoms with Crippen molar-refractivity contribution in [1.29, 1.82) is 0 Å². The Morgan fingerprint density at radius 3 is 1.75 bits per heavy atom. The van der Waals surface area contributed by atoms with Gasteiger partial charge in [-0.05, 0) is 113 Å². The fourth-order valence-electron chi connectivity index (χ4n) is 11.2. The summed E-state index contributed by atoms with van der Waals surface area (Å²) in [5.41, 5.74) is 17.2. The highest BCUT2D eigenvalue weighted by Gasteiger charge is 2.39. The molecule has 0 unspecified atom stereocenters. The number of carboxylic acids is 1. The molecule has 24 heteroatoms. The number of nitrogens with zero attached hydrogens (tertiary/aromatic N) is 2. The lowest BCUT2D eigenvalue weighted by Crippen LogP contribution is -2.58. The lowest BCUT2D eigenvalue weighted by molar-refractivity contribution is -0.143. The first-order chi connectivity index (χ1) is 43.8. The van der Waals surface area contributed by atoms with E-state index in [9.17, 15) is 63.3 Å². The van der Waals surface area contributed by atoms with Crippen molar-refractivity contribution in [1.82, 2.24) is 47.0 Å². The average Bonchev–Trinajstić information content (AvgIpc) is 1.05. The summed E-state index contributed by atoms with van der Waals surface area (Å²) in [6, 6.07) is 34.1. The number of amides is 9. The number of likely N-dealkylation sites (tertiary alicyclic amines) is 1. The number of hydrogen-bond donors (Lipinski definition) is 12. The molecule has 2 heterocycles. The van der Waals surface area contributed by atoms with Crippen LogP contribution in [0, 0.1) is 0 Å². The second kappa shape index (κ2) is 32.3. The average molecular weight is 1240 g/mol. The molecule has 6 aromatic rings. The minimum absolute atomic E-state index is 0.0100. The second-order valence-electron chi connectivity index (χ2n) is 22.8. The third-order valence-corrected chi connectivity index (χ3v) is 16.1. The third kappa shape index (κ3) is 19.2. The molecule has 6 aromatic carbocycles. The molecular formula is C67H77N11O13. The zero-order valence-electron chi connectivity index (χ0n) is 50.2. The molecule has 0 saturated carbocycles. The predicted octanol–water partition coefficient (Wildman–Crippen LogP) is 1.29. The van der Waals surface area contributed by atoms with Crippen LogP contribution in [0.4, 0.5) is 0 Å². The van der Waals surface area contributed by atoms with Gasteiger partial charge in [-0.2, -0.15) is 0 Å². The van der Waals surface area contributed by atoms with Crippen LogP contribution in [0.1, 0.15) is 65.5 Å². The van der Waals surface area contributed by atoms with Crippen LogP contribution in [-0.4, -0.2) is 159 Å². The van der Waals surface area contributed by atoms with Crippen LogP contribution in [0.15, 0.2) is 146 Å². The van der Waals surface area contributed by atoms with Crippen LogP contribution in [0.25, 0.3) is 10.8 Å². The Kier molecular flexibility index (Phi) is 23.7. The van der Waals surface area contributed by atoms with E-state index in [-0.39, 0.29) is 82.5 Å². The fourth-order valence-corrected chi connectivity index (χ4v) is 11.2. The largest absolute Gasteiger partial charge is 0.508 e.